The van der Waals surface area contributed by atoms with E-state index in [1.54, 1.807) is 0 Å². The highest BCUT2D eigenvalue weighted by Gasteiger charge is 2.36. The number of fused-ring (bicyclic) bond motifs is 1. The van der Waals surface area contributed by atoms with Gasteiger partial charge in [0.05, 0.1) is 37.2 Å². The average molecular weight is 424 g/mol. The summed E-state index contributed by atoms with van der Waals surface area (Å²) in [5.74, 6) is -0.200. The summed E-state index contributed by atoms with van der Waals surface area (Å²) in [7, 11) is 1.44. The smallest absolute Gasteiger partial charge is 0.319 e. The first-order valence-electron chi connectivity index (χ1n) is 11.4. The van der Waals surface area contributed by atoms with Gasteiger partial charge in [-0.3, -0.25) is 14.7 Å². The lowest BCUT2D eigenvalue weighted by Gasteiger charge is -2.27. The van der Waals surface area contributed by atoms with Gasteiger partial charge < -0.3 is 14.8 Å². The van der Waals surface area contributed by atoms with E-state index in [-0.39, 0.29) is 18.1 Å². The van der Waals surface area contributed by atoms with Crippen LogP contribution in [0.1, 0.15) is 48.7 Å². The predicted molar refractivity (Wildman–Crippen MR) is 121 cm³/mol. The van der Waals surface area contributed by atoms with Gasteiger partial charge in [0.1, 0.15) is 0 Å². The number of hydrogen-bond donors (Lipinski definition) is 1. The van der Waals surface area contributed by atoms with Crippen LogP contribution < -0.4 is 5.32 Å². The van der Waals surface area contributed by atoms with Crippen LogP contribution in [0.25, 0.3) is 0 Å². The molecular formula is C25H33N3O3. The molecule has 0 saturated carbocycles. The van der Waals surface area contributed by atoms with Crippen LogP contribution >= 0.6 is 0 Å². The molecule has 0 bridgehead atoms. The van der Waals surface area contributed by atoms with Gasteiger partial charge in [-0.2, -0.15) is 0 Å². The number of aryl methyl sites for hydroxylation is 2. The number of esters is 1. The largest absolute Gasteiger partial charge is 0.468 e. The minimum Gasteiger partial charge on any atom is -0.468 e. The molecule has 0 radical (unpaired) electrons. The van der Waals surface area contributed by atoms with Crippen molar-refractivity contribution in [3.63, 3.8) is 0 Å². The lowest BCUT2D eigenvalue weighted by Crippen LogP contribution is -2.33. The number of benzene rings is 1. The van der Waals surface area contributed by atoms with Crippen LogP contribution in [-0.4, -0.2) is 55.3 Å². The Morgan fingerprint density at radius 3 is 2.90 bits per heavy atom. The molecule has 6 heteroatoms. The minimum absolute atomic E-state index is 0.0927. The zero-order valence-corrected chi connectivity index (χ0v) is 18.4. The third kappa shape index (κ3) is 5.63. The number of carbonyl (C=O) groups excluding carboxylic acids is 1. The maximum absolute atomic E-state index is 11.9. The Balaban J connectivity index is 1.27. The number of likely N-dealkylation sites (tertiary alicyclic amines) is 1. The summed E-state index contributed by atoms with van der Waals surface area (Å²) in [6.45, 7) is 2.92. The Bertz CT molecular complexity index is 858. The van der Waals surface area contributed by atoms with Crippen molar-refractivity contribution in [2.75, 3.05) is 38.7 Å². The van der Waals surface area contributed by atoms with Gasteiger partial charge in [0.2, 0.25) is 0 Å². The fourth-order valence-corrected chi connectivity index (χ4v) is 4.64. The van der Waals surface area contributed by atoms with E-state index in [2.05, 4.69) is 34.5 Å². The first-order chi connectivity index (χ1) is 15.2. The molecule has 1 fully saturated rings. The van der Waals surface area contributed by atoms with Crippen molar-refractivity contribution in [3.8, 4) is 0 Å². The summed E-state index contributed by atoms with van der Waals surface area (Å²) in [6, 6.07) is 14.8. The number of methoxy groups -OCH3 is 1. The van der Waals surface area contributed by atoms with Gasteiger partial charge in [-0.25, -0.2) is 0 Å². The molecule has 4 rings (SSSR count). The number of unbranched alkanes of at least 4 members (excludes halogenated alkanes) is 1. The van der Waals surface area contributed by atoms with Crippen molar-refractivity contribution in [2.45, 2.75) is 50.7 Å². The average Bonchev–Trinajstić information content (AvgIpc) is 3.21. The van der Waals surface area contributed by atoms with Crippen molar-refractivity contribution in [3.05, 3.63) is 59.4 Å². The van der Waals surface area contributed by atoms with Crippen LogP contribution in [0, 0.1) is 0 Å². The monoisotopic (exact) mass is 423 g/mol. The highest BCUT2D eigenvalue weighted by Crippen LogP contribution is 2.34. The molecule has 6 nitrogen and oxygen atoms in total. The molecule has 1 aromatic carbocycles. The SMILES string of the molecule is COC(=O)CN1CCC(OCCCCc2ccc3c(n2)CCCN3)C1c1ccccc1. The van der Waals surface area contributed by atoms with Crippen molar-refractivity contribution in [1.29, 1.82) is 0 Å². The van der Waals surface area contributed by atoms with Crippen LogP contribution in [0.2, 0.25) is 0 Å². The van der Waals surface area contributed by atoms with Crippen molar-refractivity contribution in [2.24, 2.45) is 0 Å². The first kappa shape index (κ1) is 21.8. The van der Waals surface area contributed by atoms with Crippen LogP contribution in [0.4, 0.5) is 5.69 Å². The number of anilines is 1. The zero-order valence-electron chi connectivity index (χ0n) is 18.4. The quantitative estimate of drug-likeness (QED) is 0.489. The van der Waals surface area contributed by atoms with Crippen molar-refractivity contribution < 1.29 is 14.3 Å². The Hall–Kier alpha value is -2.44. The highest BCUT2D eigenvalue weighted by molar-refractivity contribution is 5.71. The van der Waals surface area contributed by atoms with Crippen molar-refractivity contribution >= 4 is 11.7 Å². The van der Waals surface area contributed by atoms with Gasteiger partial charge in [0, 0.05) is 25.4 Å². The van der Waals surface area contributed by atoms with E-state index < -0.39 is 0 Å². The minimum atomic E-state index is -0.200. The summed E-state index contributed by atoms with van der Waals surface area (Å²) < 4.78 is 11.2. The molecular weight excluding hydrogens is 390 g/mol. The second-order valence-corrected chi connectivity index (χ2v) is 8.38. The summed E-state index contributed by atoms with van der Waals surface area (Å²) in [6.07, 6.45) is 6.31. The molecule has 2 unspecified atom stereocenters. The molecule has 3 heterocycles. The lowest BCUT2D eigenvalue weighted by molar-refractivity contribution is -0.142. The van der Waals surface area contributed by atoms with Crippen LogP contribution in [0.15, 0.2) is 42.5 Å². The number of ether oxygens (including phenoxy) is 2. The van der Waals surface area contributed by atoms with Gasteiger partial charge in [-0.15, -0.1) is 0 Å². The number of nitrogens with one attached hydrogen (secondary N) is 1. The highest BCUT2D eigenvalue weighted by atomic mass is 16.5. The maximum Gasteiger partial charge on any atom is 0.319 e. The summed E-state index contributed by atoms with van der Waals surface area (Å²) >= 11 is 0. The van der Waals surface area contributed by atoms with E-state index in [9.17, 15) is 4.79 Å². The van der Waals surface area contributed by atoms with E-state index in [4.69, 9.17) is 14.5 Å². The maximum atomic E-state index is 11.9. The standard InChI is InChI=1S/C25H33N3O3/c1-30-24(29)18-28-16-14-23(25(28)19-8-3-2-4-9-19)31-17-6-5-10-20-12-13-21-22(27-20)11-7-15-26-21/h2-4,8-9,12-13,23,25-26H,5-7,10-11,14-18H2,1H3. The van der Waals surface area contributed by atoms with Gasteiger partial charge in [0.25, 0.3) is 0 Å². The molecule has 2 aromatic rings. The summed E-state index contributed by atoms with van der Waals surface area (Å²) in [5, 5.41) is 3.42. The van der Waals surface area contributed by atoms with E-state index in [0.29, 0.717) is 6.54 Å². The van der Waals surface area contributed by atoms with Crippen LogP contribution in [0.5, 0.6) is 0 Å². The lowest BCUT2D eigenvalue weighted by atomic mass is 10.0. The van der Waals surface area contributed by atoms with E-state index in [0.717, 1.165) is 58.2 Å². The molecule has 0 amide bonds. The number of rotatable bonds is 9. The Morgan fingerprint density at radius 1 is 1.19 bits per heavy atom. The topological polar surface area (TPSA) is 63.7 Å². The third-order valence-electron chi connectivity index (χ3n) is 6.24. The molecule has 2 atom stereocenters. The normalized spacial score (nSPS) is 20.8. The zero-order chi connectivity index (χ0) is 21.5. The Morgan fingerprint density at radius 2 is 2.06 bits per heavy atom. The second-order valence-electron chi connectivity index (χ2n) is 8.38. The predicted octanol–water partition coefficient (Wildman–Crippen LogP) is 3.77. The van der Waals surface area contributed by atoms with Gasteiger partial charge in [-0.1, -0.05) is 30.3 Å². The van der Waals surface area contributed by atoms with E-state index >= 15 is 0 Å². The summed E-state index contributed by atoms with van der Waals surface area (Å²) in [4.78, 5) is 18.9. The van der Waals surface area contributed by atoms with Gasteiger partial charge in [0.15, 0.2) is 0 Å². The van der Waals surface area contributed by atoms with Crippen LogP contribution in [-0.2, 0) is 27.1 Å². The number of carbonyl (C=O) groups is 1. The fourth-order valence-electron chi connectivity index (χ4n) is 4.64. The molecule has 31 heavy (non-hydrogen) atoms. The first-order valence-corrected chi connectivity index (χ1v) is 11.4. The number of nitrogens with zero attached hydrogens (tertiary/aromatic N) is 2. The third-order valence-corrected chi connectivity index (χ3v) is 6.24. The summed E-state index contributed by atoms with van der Waals surface area (Å²) in [5.41, 5.74) is 4.78. The number of hydrogen-bond acceptors (Lipinski definition) is 6. The molecule has 1 saturated heterocycles. The van der Waals surface area contributed by atoms with E-state index in [1.165, 1.54) is 29.7 Å². The van der Waals surface area contributed by atoms with Gasteiger partial charge in [-0.05, 0) is 56.2 Å². The van der Waals surface area contributed by atoms with E-state index in [1.807, 2.05) is 18.2 Å². The van der Waals surface area contributed by atoms with Gasteiger partial charge >= 0.3 is 5.97 Å². The molecule has 1 aromatic heterocycles. The second kappa shape index (κ2) is 10.7. The fraction of sp³-hybridized carbons (Fsp3) is 0.520. The molecule has 2 aliphatic rings. The van der Waals surface area contributed by atoms with Crippen molar-refractivity contribution in [1.82, 2.24) is 9.88 Å². The molecule has 1 N–H and O–H groups in total. The molecule has 166 valence electrons. The molecule has 0 aliphatic carbocycles. The molecule has 2 aliphatic heterocycles. The number of pyridine rings is 1. The number of aromatic nitrogens is 1. The Labute approximate surface area is 185 Å². The van der Waals surface area contributed by atoms with Crippen LogP contribution in [0.3, 0.4) is 0 Å². The molecule has 0 spiro atoms. The Kier molecular flexibility index (Phi) is 7.54.